The number of aryl methyl sites for hydroxylation is 1. The molecule has 2 N–H and O–H groups in total. The van der Waals surface area contributed by atoms with Crippen LogP contribution in [0.25, 0.3) is 5.69 Å². The van der Waals surface area contributed by atoms with Crippen LogP contribution in [0.3, 0.4) is 0 Å². The van der Waals surface area contributed by atoms with Crippen LogP contribution in [0.1, 0.15) is 5.56 Å². The monoisotopic (exact) mass is 346 g/mol. The van der Waals surface area contributed by atoms with Gasteiger partial charge in [0, 0.05) is 24.3 Å². The van der Waals surface area contributed by atoms with Crippen molar-refractivity contribution in [1.82, 2.24) is 19.6 Å². The fraction of sp³-hybridized carbons (Fsp3) is 0.188. The zero-order valence-electron chi connectivity index (χ0n) is 13.4. The summed E-state index contributed by atoms with van der Waals surface area (Å²) in [4.78, 5) is 12.1. The van der Waals surface area contributed by atoms with Gasteiger partial charge in [-0.15, -0.1) is 0 Å². The maximum atomic E-state index is 12.3. The van der Waals surface area contributed by atoms with Crippen molar-refractivity contribution in [1.29, 1.82) is 0 Å². The SMILES string of the molecule is Cc1cc(-n2cccn2)ccc1NC(=O)Nc1cnn(CC(F)F)c1. The summed E-state index contributed by atoms with van der Waals surface area (Å²) in [5.41, 5.74) is 2.70. The van der Waals surface area contributed by atoms with Crippen LogP contribution in [0.5, 0.6) is 0 Å². The molecular formula is C16H16F2N6O. The maximum Gasteiger partial charge on any atom is 0.323 e. The molecule has 0 saturated carbocycles. The molecule has 130 valence electrons. The Morgan fingerprint density at radius 3 is 2.80 bits per heavy atom. The van der Waals surface area contributed by atoms with Crippen LogP contribution in [0.15, 0.2) is 49.1 Å². The molecule has 0 spiro atoms. The molecule has 0 radical (unpaired) electrons. The highest BCUT2D eigenvalue weighted by Gasteiger charge is 2.09. The van der Waals surface area contributed by atoms with Gasteiger partial charge in [-0.25, -0.2) is 18.3 Å². The number of aromatic nitrogens is 4. The van der Waals surface area contributed by atoms with Crippen molar-refractivity contribution in [3.8, 4) is 5.69 Å². The summed E-state index contributed by atoms with van der Waals surface area (Å²) < 4.78 is 27.4. The van der Waals surface area contributed by atoms with Crippen molar-refractivity contribution in [2.75, 3.05) is 10.6 Å². The quantitative estimate of drug-likeness (QED) is 0.744. The smallest absolute Gasteiger partial charge is 0.307 e. The third kappa shape index (κ3) is 4.19. The first-order valence-corrected chi connectivity index (χ1v) is 7.50. The Balaban J connectivity index is 1.64. The number of alkyl halides is 2. The number of rotatable bonds is 5. The van der Waals surface area contributed by atoms with Gasteiger partial charge < -0.3 is 10.6 Å². The van der Waals surface area contributed by atoms with Gasteiger partial charge in [-0.05, 0) is 36.8 Å². The van der Waals surface area contributed by atoms with E-state index in [1.807, 2.05) is 31.3 Å². The molecule has 0 aliphatic heterocycles. The first-order valence-electron chi connectivity index (χ1n) is 7.50. The molecule has 1 aromatic carbocycles. The second-order valence-corrected chi connectivity index (χ2v) is 5.37. The molecule has 0 bridgehead atoms. The minimum absolute atomic E-state index is 0.337. The highest BCUT2D eigenvalue weighted by atomic mass is 19.3. The summed E-state index contributed by atoms with van der Waals surface area (Å²) in [6.07, 6.45) is 3.67. The van der Waals surface area contributed by atoms with Gasteiger partial charge in [0.05, 0.1) is 17.6 Å². The predicted molar refractivity (Wildman–Crippen MR) is 89.2 cm³/mol. The van der Waals surface area contributed by atoms with Crippen LogP contribution in [0.2, 0.25) is 0 Å². The highest BCUT2D eigenvalue weighted by Crippen LogP contribution is 2.19. The average molecular weight is 346 g/mol. The number of benzene rings is 1. The van der Waals surface area contributed by atoms with Crippen molar-refractivity contribution >= 4 is 17.4 Å². The van der Waals surface area contributed by atoms with Gasteiger partial charge in [-0.2, -0.15) is 10.2 Å². The predicted octanol–water partition coefficient (Wildman–Crippen LogP) is 3.29. The lowest BCUT2D eigenvalue weighted by Crippen LogP contribution is -2.19. The standard InChI is InChI=1S/C16H16F2N6O/c1-11-7-13(24-6-2-5-19-24)3-4-14(11)22-16(25)21-12-8-20-23(9-12)10-15(17)18/h2-9,15H,10H2,1H3,(H2,21,22,25). The molecule has 0 aliphatic carbocycles. The van der Waals surface area contributed by atoms with E-state index in [0.29, 0.717) is 11.4 Å². The van der Waals surface area contributed by atoms with E-state index in [1.54, 1.807) is 16.9 Å². The molecule has 7 nitrogen and oxygen atoms in total. The summed E-state index contributed by atoms with van der Waals surface area (Å²) in [7, 11) is 0. The Kier molecular flexibility index (Phi) is 4.73. The summed E-state index contributed by atoms with van der Waals surface area (Å²) in [5.74, 6) is 0. The number of urea groups is 1. The van der Waals surface area contributed by atoms with E-state index < -0.39 is 19.0 Å². The Labute approximate surface area is 142 Å². The molecule has 3 aromatic rings. The minimum atomic E-state index is -2.50. The van der Waals surface area contributed by atoms with E-state index in [9.17, 15) is 13.6 Å². The Morgan fingerprint density at radius 2 is 2.12 bits per heavy atom. The fourth-order valence-electron chi connectivity index (χ4n) is 2.31. The lowest BCUT2D eigenvalue weighted by molar-refractivity contribution is 0.122. The van der Waals surface area contributed by atoms with Crippen molar-refractivity contribution in [2.45, 2.75) is 19.9 Å². The second-order valence-electron chi connectivity index (χ2n) is 5.37. The molecule has 0 unspecified atom stereocenters. The maximum absolute atomic E-state index is 12.3. The third-order valence-electron chi connectivity index (χ3n) is 3.44. The van der Waals surface area contributed by atoms with Crippen LogP contribution >= 0.6 is 0 Å². The molecule has 9 heteroatoms. The molecule has 2 heterocycles. The molecule has 0 atom stereocenters. The van der Waals surface area contributed by atoms with E-state index in [-0.39, 0.29) is 0 Å². The third-order valence-corrected chi connectivity index (χ3v) is 3.44. The number of nitrogens with one attached hydrogen (secondary N) is 2. The first-order chi connectivity index (χ1) is 12.0. The van der Waals surface area contributed by atoms with Crippen LogP contribution in [-0.4, -0.2) is 32.0 Å². The van der Waals surface area contributed by atoms with Gasteiger partial charge in [0.1, 0.15) is 6.54 Å². The van der Waals surface area contributed by atoms with Gasteiger partial charge in [0.2, 0.25) is 0 Å². The zero-order chi connectivity index (χ0) is 17.8. The summed E-state index contributed by atoms with van der Waals surface area (Å²) in [6.45, 7) is 1.35. The van der Waals surface area contributed by atoms with Gasteiger partial charge in [-0.3, -0.25) is 4.68 Å². The minimum Gasteiger partial charge on any atom is -0.307 e. The number of halogens is 2. The number of carbonyl (C=O) groups excluding carboxylic acids is 1. The van der Waals surface area contributed by atoms with Crippen molar-refractivity contribution in [3.63, 3.8) is 0 Å². The second kappa shape index (κ2) is 7.12. The van der Waals surface area contributed by atoms with Gasteiger partial charge in [0.25, 0.3) is 6.43 Å². The Bertz CT molecular complexity index is 859. The van der Waals surface area contributed by atoms with E-state index in [1.165, 1.54) is 12.4 Å². The molecule has 2 aromatic heterocycles. The molecular weight excluding hydrogens is 330 g/mol. The molecule has 0 fully saturated rings. The van der Waals surface area contributed by atoms with Gasteiger partial charge in [0.15, 0.2) is 0 Å². The van der Waals surface area contributed by atoms with Crippen LogP contribution < -0.4 is 10.6 Å². The van der Waals surface area contributed by atoms with E-state index in [4.69, 9.17) is 0 Å². The van der Waals surface area contributed by atoms with Crippen LogP contribution in [0, 0.1) is 6.92 Å². The Morgan fingerprint density at radius 1 is 1.28 bits per heavy atom. The van der Waals surface area contributed by atoms with Crippen molar-refractivity contribution < 1.29 is 13.6 Å². The topological polar surface area (TPSA) is 76.8 Å². The van der Waals surface area contributed by atoms with Crippen molar-refractivity contribution in [2.24, 2.45) is 0 Å². The van der Waals surface area contributed by atoms with Crippen molar-refractivity contribution in [3.05, 3.63) is 54.6 Å². The van der Waals surface area contributed by atoms with Crippen LogP contribution in [-0.2, 0) is 6.54 Å². The lowest BCUT2D eigenvalue weighted by Gasteiger charge is -2.10. The molecule has 2 amide bonds. The van der Waals surface area contributed by atoms with E-state index >= 15 is 0 Å². The lowest BCUT2D eigenvalue weighted by atomic mass is 10.2. The molecule has 0 aliphatic rings. The molecule has 3 rings (SSSR count). The summed E-state index contributed by atoms with van der Waals surface area (Å²) >= 11 is 0. The average Bonchev–Trinajstić information content (AvgIpc) is 3.21. The molecule has 25 heavy (non-hydrogen) atoms. The highest BCUT2D eigenvalue weighted by molar-refractivity contribution is 6.00. The summed E-state index contributed by atoms with van der Waals surface area (Å²) in [5, 5.41) is 13.2. The number of hydrogen-bond donors (Lipinski definition) is 2. The Hall–Kier alpha value is -3.23. The van der Waals surface area contributed by atoms with Gasteiger partial charge in [-0.1, -0.05) is 0 Å². The van der Waals surface area contributed by atoms with E-state index in [2.05, 4.69) is 20.8 Å². The summed E-state index contributed by atoms with van der Waals surface area (Å²) in [6, 6.07) is 6.83. The largest absolute Gasteiger partial charge is 0.323 e. The van der Waals surface area contributed by atoms with Crippen LogP contribution in [0.4, 0.5) is 25.0 Å². The zero-order valence-corrected chi connectivity index (χ0v) is 13.4. The fourth-order valence-corrected chi connectivity index (χ4v) is 2.31. The number of anilines is 2. The number of nitrogens with zero attached hydrogens (tertiary/aromatic N) is 4. The number of amides is 2. The normalized spacial score (nSPS) is 10.9. The van der Waals surface area contributed by atoms with Gasteiger partial charge >= 0.3 is 6.03 Å². The van der Waals surface area contributed by atoms with E-state index in [0.717, 1.165) is 15.9 Å². The molecule has 0 saturated heterocycles. The first kappa shape index (κ1) is 16.6. The number of carbonyl (C=O) groups is 1. The number of hydrogen-bond acceptors (Lipinski definition) is 3.